The molecule has 2 amide bonds. The highest BCUT2D eigenvalue weighted by atomic mass is 35.5. The van der Waals surface area contributed by atoms with Crippen molar-refractivity contribution in [2.24, 2.45) is 7.05 Å². The van der Waals surface area contributed by atoms with Crippen molar-refractivity contribution in [3.8, 4) is 5.75 Å². The van der Waals surface area contributed by atoms with Crippen LogP contribution in [0.4, 0.5) is 11.4 Å². The summed E-state index contributed by atoms with van der Waals surface area (Å²) >= 11 is 7.14. The molecule has 1 unspecified atom stereocenters. The maximum atomic E-state index is 12.5. The zero-order valence-electron chi connectivity index (χ0n) is 18.4. The van der Waals surface area contributed by atoms with Gasteiger partial charge in [0.1, 0.15) is 5.75 Å². The zero-order chi connectivity index (χ0) is 24.8. The van der Waals surface area contributed by atoms with E-state index in [9.17, 15) is 19.7 Å². The van der Waals surface area contributed by atoms with Gasteiger partial charge < -0.3 is 19.9 Å². The summed E-state index contributed by atoms with van der Waals surface area (Å²) in [6.45, 7) is 1.77. The Morgan fingerprint density at radius 2 is 1.94 bits per heavy atom. The topological polar surface area (TPSA) is 141 Å². The number of rotatable bonds is 9. The van der Waals surface area contributed by atoms with Crippen LogP contribution < -0.4 is 15.4 Å². The van der Waals surface area contributed by atoms with Gasteiger partial charge in [-0.15, -0.1) is 10.2 Å². The van der Waals surface area contributed by atoms with E-state index in [1.54, 1.807) is 49.9 Å². The number of methoxy groups -OCH3 is 1. The Bertz CT molecular complexity index is 1220. The quantitative estimate of drug-likeness (QED) is 0.256. The van der Waals surface area contributed by atoms with Gasteiger partial charge in [-0.2, -0.15) is 0 Å². The number of hydrogen-bond donors (Lipinski definition) is 2. The average molecular weight is 505 g/mol. The van der Waals surface area contributed by atoms with Crippen LogP contribution in [-0.2, 0) is 11.8 Å². The third-order valence-corrected chi connectivity index (χ3v) is 6.07. The molecule has 0 fully saturated rings. The lowest BCUT2D eigenvalue weighted by Crippen LogP contribution is -2.28. The molecule has 178 valence electrons. The maximum absolute atomic E-state index is 12.5. The maximum Gasteiger partial charge on any atom is 0.271 e. The minimum atomic E-state index is -0.573. The summed E-state index contributed by atoms with van der Waals surface area (Å²) in [5.74, 6) is 0.429. The second-order valence-corrected chi connectivity index (χ2v) is 8.43. The molecule has 3 aromatic rings. The number of aromatic nitrogens is 3. The Kier molecular flexibility index (Phi) is 8.08. The highest BCUT2D eigenvalue weighted by molar-refractivity contribution is 7.99. The molecule has 0 saturated heterocycles. The summed E-state index contributed by atoms with van der Waals surface area (Å²) in [6.07, 6.45) is 0. The van der Waals surface area contributed by atoms with Gasteiger partial charge in [0.2, 0.25) is 5.91 Å². The highest BCUT2D eigenvalue weighted by Crippen LogP contribution is 2.27. The normalized spacial score (nSPS) is 11.5. The largest absolute Gasteiger partial charge is 0.497 e. The molecule has 13 heteroatoms. The SMILES string of the molecule is COc1ccc(C(=O)NC(C)c2nnc(SCC(=O)Nc3cc([N+](=O)[O-])ccc3Cl)n2C)cc1. The number of nitrogens with one attached hydrogen (secondary N) is 2. The van der Waals surface area contributed by atoms with E-state index in [0.717, 1.165) is 11.8 Å². The second kappa shape index (κ2) is 11.0. The fourth-order valence-electron chi connectivity index (χ4n) is 2.95. The molecule has 0 radical (unpaired) electrons. The van der Waals surface area contributed by atoms with Gasteiger partial charge in [-0.1, -0.05) is 23.4 Å². The number of carbonyl (C=O) groups excluding carboxylic acids is 2. The third kappa shape index (κ3) is 6.02. The van der Waals surface area contributed by atoms with Gasteiger partial charge in [-0.25, -0.2) is 0 Å². The Morgan fingerprint density at radius 1 is 1.24 bits per heavy atom. The van der Waals surface area contributed by atoms with Crippen LogP contribution in [0.15, 0.2) is 47.6 Å². The molecule has 0 aliphatic rings. The van der Waals surface area contributed by atoms with Crippen molar-refractivity contribution in [2.75, 3.05) is 18.2 Å². The Balaban J connectivity index is 1.59. The number of amides is 2. The number of anilines is 1. The lowest BCUT2D eigenvalue weighted by Gasteiger charge is -2.14. The van der Waals surface area contributed by atoms with Crippen LogP contribution in [0.3, 0.4) is 0 Å². The summed E-state index contributed by atoms with van der Waals surface area (Å²) in [5, 5.41) is 25.2. The first-order valence-corrected chi connectivity index (χ1v) is 11.3. The number of halogens is 1. The number of non-ortho nitro benzene ring substituents is 1. The van der Waals surface area contributed by atoms with E-state index in [1.807, 2.05) is 0 Å². The molecule has 1 atom stereocenters. The average Bonchev–Trinajstić information content (AvgIpc) is 3.19. The molecule has 3 rings (SSSR count). The van der Waals surface area contributed by atoms with Crippen molar-refractivity contribution < 1.29 is 19.2 Å². The smallest absolute Gasteiger partial charge is 0.271 e. The van der Waals surface area contributed by atoms with Gasteiger partial charge in [-0.3, -0.25) is 19.7 Å². The van der Waals surface area contributed by atoms with Gasteiger partial charge in [0, 0.05) is 24.7 Å². The van der Waals surface area contributed by atoms with Gasteiger partial charge in [0.25, 0.3) is 11.6 Å². The highest BCUT2D eigenvalue weighted by Gasteiger charge is 2.19. The van der Waals surface area contributed by atoms with E-state index in [2.05, 4.69) is 20.8 Å². The van der Waals surface area contributed by atoms with Crippen molar-refractivity contribution in [2.45, 2.75) is 18.1 Å². The fourth-order valence-corrected chi connectivity index (χ4v) is 3.84. The van der Waals surface area contributed by atoms with Crippen LogP contribution in [0.5, 0.6) is 5.75 Å². The van der Waals surface area contributed by atoms with Crippen LogP contribution in [-0.4, -0.2) is 44.4 Å². The van der Waals surface area contributed by atoms with E-state index in [-0.39, 0.29) is 28.1 Å². The molecule has 1 heterocycles. The molecule has 0 aliphatic heterocycles. The van der Waals surface area contributed by atoms with Gasteiger partial charge >= 0.3 is 0 Å². The van der Waals surface area contributed by atoms with Crippen molar-refractivity contribution in [3.63, 3.8) is 0 Å². The van der Waals surface area contributed by atoms with Gasteiger partial charge in [0.15, 0.2) is 11.0 Å². The number of nitro groups is 1. The zero-order valence-corrected chi connectivity index (χ0v) is 20.0. The van der Waals surface area contributed by atoms with E-state index in [0.29, 0.717) is 22.3 Å². The molecule has 0 aliphatic carbocycles. The number of hydrogen-bond acceptors (Lipinski definition) is 8. The predicted molar refractivity (Wildman–Crippen MR) is 127 cm³/mol. The minimum absolute atomic E-state index is 0.0302. The first-order valence-electron chi connectivity index (χ1n) is 9.90. The standard InChI is InChI=1S/C21H21ClN6O5S/c1-12(23-20(30)13-4-7-15(33-3)8-5-13)19-25-26-21(27(19)2)34-11-18(29)24-17-10-14(28(31)32)6-9-16(17)22/h4-10,12H,11H2,1-3H3,(H,23,30)(H,24,29). The molecule has 11 nitrogen and oxygen atoms in total. The number of ether oxygens (including phenoxy) is 1. The van der Waals surface area contributed by atoms with Crippen LogP contribution in [0.1, 0.15) is 29.1 Å². The van der Waals surface area contributed by atoms with Gasteiger partial charge in [0.05, 0.1) is 34.5 Å². The van der Waals surface area contributed by atoms with Crippen LogP contribution in [0.2, 0.25) is 5.02 Å². The third-order valence-electron chi connectivity index (χ3n) is 4.72. The molecular weight excluding hydrogens is 484 g/mol. The van der Waals surface area contributed by atoms with Crippen molar-refractivity contribution in [1.29, 1.82) is 0 Å². The molecule has 0 bridgehead atoms. The van der Waals surface area contributed by atoms with E-state index in [1.165, 1.54) is 18.2 Å². The number of nitrogens with zero attached hydrogens (tertiary/aromatic N) is 4. The summed E-state index contributed by atoms with van der Waals surface area (Å²) in [7, 11) is 3.27. The minimum Gasteiger partial charge on any atom is -0.497 e. The Morgan fingerprint density at radius 3 is 2.59 bits per heavy atom. The predicted octanol–water partition coefficient (Wildman–Crippen LogP) is 3.61. The summed E-state index contributed by atoms with van der Waals surface area (Å²) in [4.78, 5) is 35.2. The van der Waals surface area contributed by atoms with Crippen molar-refractivity contribution >= 4 is 46.6 Å². The van der Waals surface area contributed by atoms with Crippen molar-refractivity contribution in [1.82, 2.24) is 20.1 Å². The monoisotopic (exact) mass is 504 g/mol. The number of benzene rings is 2. The van der Waals surface area contributed by atoms with Crippen LogP contribution in [0.25, 0.3) is 0 Å². The molecule has 0 spiro atoms. The van der Waals surface area contributed by atoms with Crippen LogP contribution >= 0.6 is 23.4 Å². The molecule has 1 aromatic heterocycles. The lowest BCUT2D eigenvalue weighted by molar-refractivity contribution is -0.384. The van der Waals surface area contributed by atoms with E-state index >= 15 is 0 Å². The van der Waals surface area contributed by atoms with E-state index < -0.39 is 16.9 Å². The molecule has 2 N–H and O–H groups in total. The van der Waals surface area contributed by atoms with E-state index in [4.69, 9.17) is 16.3 Å². The number of thioether (sulfide) groups is 1. The molecule has 2 aromatic carbocycles. The summed E-state index contributed by atoms with van der Waals surface area (Å²) in [5.41, 5.74) is 0.437. The first kappa shape index (κ1) is 25.0. The lowest BCUT2D eigenvalue weighted by atomic mass is 10.2. The Labute approximate surface area is 204 Å². The van der Waals surface area contributed by atoms with Crippen molar-refractivity contribution in [3.05, 3.63) is 69.0 Å². The fraction of sp³-hybridized carbons (Fsp3) is 0.238. The number of carbonyl (C=O) groups is 2. The van der Waals surface area contributed by atoms with Crippen LogP contribution in [0, 0.1) is 10.1 Å². The summed E-state index contributed by atoms with van der Waals surface area (Å²) in [6, 6.07) is 10.1. The van der Waals surface area contributed by atoms with Gasteiger partial charge in [-0.05, 0) is 37.3 Å². The Hall–Kier alpha value is -3.64. The summed E-state index contributed by atoms with van der Waals surface area (Å²) < 4.78 is 6.77. The second-order valence-electron chi connectivity index (χ2n) is 7.08. The molecule has 34 heavy (non-hydrogen) atoms. The first-order chi connectivity index (χ1) is 16.2. The number of nitro benzene ring substituents is 1. The molecular formula is C21H21ClN6O5S. The molecule has 0 saturated carbocycles.